The lowest BCUT2D eigenvalue weighted by Crippen LogP contribution is -2.43. The zero-order valence-corrected chi connectivity index (χ0v) is 24.3. The monoisotopic (exact) mass is 536 g/mol. The van der Waals surface area contributed by atoms with E-state index in [4.69, 9.17) is 26.3 Å². The Balaban J connectivity index is 1.41. The van der Waals surface area contributed by atoms with Crippen molar-refractivity contribution in [2.24, 2.45) is 5.92 Å². The van der Waals surface area contributed by atoms with E-state index >= 15 is 0 Å². The molecule has 5 heterocycles. The first kappa shape index (κ1) is 24.9. The molecule has 0 spiro atoms. The summed E-state index contributed by atoms with van der Waals surface area (Å²) < 4.78 is 8.28. The average molecular weight is 537 g/mol. The van der Waals surface area contributed by atoms with Gasteiger partial charge in [0, 0.05) is 44.1 Å². The number of piperidine rings is 1. The van der Waals surface area contributed by atoms with Crippen LogP contribution in [0.15, 0.2) is 24.5 Å². The Morgan fingerprint density at radius 3 is 2.57 bits per heavy atom. The van der Waals surface area contributed by atoms with Crippen LogP contribution in [-0.2, 0) is 11.5 Å². The van der Waals surface area contributed by atoms with Crippen LogP contribution in [0.3, 0.4) is 0 Å². The van der Waals surface area contributed by atoms with Crippen molar-refractivity contribution in [3.63, 3.8) is 0 Å². The van der Waals surface area contributed by atoms with Gasteiger partial charge in [0.05, 0.1) is 16.7 Å². The van der Waals surface area contributed by atoms with Gasteiger partial charge < -0.3 is 19.2 Å². The summed E-state index contributed by atoms with van der Waals surface area (Å²) >= 11 is 6.91. The van der Waals surface area contributed by atoms with Crippen molar-refractivity contribution < 1.29 is 4.74 Å². The van der Waals surface area contributed by atoms with Gasteiger partial charge in [0.15, 0.2) is 5.65 Å². The minimum Gasteiger partial charge on any atom is -0.361 e. The molecule has 7 nitrogen and oxygen atoms in total. The van der Waals surface area contributed by atoms with Gasteiger partial charge in [0.25, 0.3) is 0 Å². The molecule has 6 rings (SSSR count). The summed E-state index contributed by atoms with van der Waals surface area (Å²) in [6, 6.07) is 6.35. The van der Waals surface area contributed by atoms with E-state index in [0.717, 1.165) is 63.5 Å². The molecule has 2 saturated heterocycles. The summed E-state index contributed by atoms with van der Waals surface area (Å²) in [6.07, 6.45) is 9.04. The summed E-state index contributed by atoms with van der Waals surface area (Å²) in [7, 11) is -1.17. The van der Waals surface area contributed by atoms with Crippen LogP contribution in [-0.4, -0.2) is 51.3 Å². The van der Waals surface area contributed by atoms with Gasteiger partial charge in [-0.2, -0.15) is 0 Å². The molecule has 9 heteroatoms. The Kier molecular flexibility index (Phi) is 6.32. The Labute approximate surface area is 224 Å². The molecule has 0 saturated carbocycles. The lowest BCUT2D eigenvalue weighted by atomic mass is 9.92. The second kappa shape index (κ2) is 9.40. The molecule has 2 aliphatic rings. The first-order chi connectivity index (χ1) is 17.7. The van der Waals surface area contributed by atoms with Crippen molar-refractivity contribution in [3.05, 3.63) is 35.4 Å². The van der Waals surface area contributed by atoms with Crippen LogP contribution in [0.1, 0.15) is 38.4 Å². The Bertz CT molecular complexity index is 1440. The molecule has 1 aromatic carbocycles. The maximum absolute atomic E-state index is 6.91. The van der Waals surface area contributed by atoms with E-state index in [0.29, 0.717) is 23.8 Å². The molecule has 2 bridgehead atoms. The van der Waals surface area contributed by atoms with Crippen molar-refractivity contribution in [3.8, 4) is 11.1 Å². The fraction of sp³-hybridized carbons (Fsp3) is 0.536. The van der Waals surface area contributed by atoms with Gasteiger partial charge in [-0.3, -0.25) is 0 Å². The topological polar surface area (TPSA) is 71.9 Å². The van der Waals surface area contributed by atoms with E-state index in [2.05, 4.69) is 58.3 Å². The SMILES string of the molecule is Cc1nc2c(Cl)c(-c3cn(COCC[Si](C)(C)C)c4nc(N5[C@@H]6CC[C@H]5CC(C)C6)cnc34)ccc2[nH]1. The number of hydrogen-bond acceptors (Lipinski definition) is 5. The molecule has 37 heavy (non-hydrogen) atoms. The molecule has 3 aromatic heterocycles. The number of fused-ring (bicyclic) bond motifs is 4. The normalized spacial score (nSPS) is 22.0. The number of halogens is 1. The van der Waals surface area contributed by atoms with Crippen molar-refractivity contribution in [2.45, 2.75) is 84.0 Å². The van der Waals surface area contributed by atoms with Gasteiger partial charge >= 0.3 is 0 Å². The number of nitrogens with one attached hydrogen (secondary N) is 1. The number of benzene rings is 1. The number of imidazole rings is 1. The van der Waals surface area contributed by atoms with E-state index in [1.54, 1.807) is 0 Å². The van der Waals surface area contributed by atoms with E-state index < -0.39 is 8.07 Å². The number of anilines is 1. The molecule has 1 unspecified atom stereocenters. The quantitative estimate of drug-likeness (QED) is 0.203. The largest absolute Gasteiger partial charge is 0.361 e. The number of nitrogens with zero attached hydrogens (tertiary/aromatic N) is 5. The van der Waals surface area contributed by atoms with Crippen molar-refractivity contribution in [1.82, 2.24) is 24.5 Å². The number of aromatic amines is 1. The molecule has 3 atom stereocenters. The molecule has 4 aromatic rings. The molecule has 0 amide bonds. The van der Waals surface area contributed by atoms with Gasteiger partial charge in [-0.25, -0.2) is 15.0 Å². The van der Waals surface area contributed by atoms with Crippen LogP contribution in [0.4, 0.5) is 5.82 Å². The molecular weight excluding hydrogens is 500 g/mol. The molecule has 1 N–H and O–H groups in total. The predicted molar refractivity (Wildman–Crippen MR) is 154 cm³/mol. The predicted octanol–water partition coefficient (Wildman–Crippen LogP) is 7.02. The van der Waals surface area contributed by atoms with Crippen molar-refractivity contribution >= 4 is 47.7 Å². The minimum absolute atomic E-state index is 0.449. The third-order valence-electron chi connectivity index (χ3n) is 8.01. The maximum atomic E-state index is 6.91. The summed E-state index contributed by atoms with van der Waals surface area (Å²) in [5.74, 6) is 2.62. The molecule has 2 fully saturated rings. The standard InChI is InChI=1S/C28H37ClN6OSi/c1-17-12-19-6-7-20(13-17)35(19)24-14-30-26-22(21-8-9-23-27(25(21)29)32-18(2)31-23)15-34(28(26)33-24)16-36-10-11-37(3,4)5/h8-9,14-15,17,19-20H,6-7,10-13,16H2,1-5H3,(H,31,32)/t17?,19-,20+. The van der Waals surface area contributed by atoms with Crippen LogP contribution in [0.5, 0.6) is 0 Å². The zero-order valence-electron chi connectivity index (χ0n) is 22.5. The third kappa shape index (κ3) is 4.68. The van der Waals surface area contributed by atoms with Gasteiger partial charge in [-0.05, 0) is 50.6 Å². The highest BCUT2D eigenvalue weighted by molar-refractivity contribution is 6.76. The van der Waals surface area contributed by atoms with Crippen molar-refractivity contribution in [2.75, 3.05) is 11.5 Å². The lowest BCUT2D eigenvalue weighted by molar-refractivity contribution is 0.0899. The van der Waals surface area contributed by atoms with E-state index in [1.165, 1.54) is 25.7 Å². The highest BCUT2D eigenvalue weighted by Gasteiger charge is 2.40. The summed E-state index contributed by atoms with van der Waals surface area (Å²) in [4.78, 5) is 20.7. The first-order valence-corrected chi connectivity index (χ1v) is 17.6. The van der Waals surface area contributed by atoms with Crippen LogP contribution in [0.25, 0.3) is 33.3 Å². The number of aromatic nitrogens is 5. The van der Waals surface area contributed by atoms with Crippen LogP contribution >= 0.6 is 11.6 Å². The number of rotatable bonds is 7. The van der Waals surface area contributed by atoms with Crippen LogP contribution in [0, 0.1) is 12.8 Å². The molecule has 0 radical (unpaired) electrons. The molecular formula is C28H37ClN6OSi. The Morgan fingerprint density at radius 2 is 1.84 bits per heavy atom. The Morgan fingerprint density at radius 1 is 1.08 bits per heavy atom. The summed E-state index contributed by atoms with van der Waals surface area (Å²) in [5, 5.41) is 0.634. The van der Waals surface area contributed by atoms with Crippen LogP contribution in [0.2, 0.25) is 30.7 Å². The fourth-order valence-corrected chi connectivity index (χ4v) is 7.26. The average Bonchev–Trinajstić information content (AvgIpc) is 3.48. The fourth-order valence-electron chi connectivity index (χ4n) is 6.20. The maximum Gasteiger partial charge on any atom is 0.163 e. The molecule has 196 valence electrons. The second-order valence-corrected chi connectivity index (χ2v) is 18.3. The summed E-state index contributed by atoms with van der Waals surface area (Å²) in [6.45, 7) is 12.7. The number of H-pyrrole nitrogens is 1. The second-order valence-electron chi connectivity index (χ2n) is 12.3. The Hall–Kier alpha value is -2.42. The van der Waals surface area contributed by atoms with Gasteiger partial charge in [0.1, 0.15) is 29.4 Å². The van der Waals surface area contributed by atoms with E-state index in [1.807, 2.05) is 19.2 Å². The van der Waals surface area contributed by atoms with Gasteiger partial charge in [-0.1, -0.05) is 44.2 Å². The molecule has 2 aliphatic heterocycles. The highest BCUT2D eigenvalue weighted by atomic mass is 35.5. The summed E-state index contributed by atoms with van der Waals surface area (Å²) in [5.41, 5.74) is 5.31. The smallest absolute Gasteiger partial charge is 0.163 e. The lowest BCUT2D eigenvalue weighted by Gasteiger charge is -2.38. The van der Waals surface area contributed by atoms with Gasteiger partial charge in [-0.15, -0.1) is 0 Å². The van der Waals surface area contributed by atoms with Crippen LogP contribution < -0.4 is 4.90 Å². The number of ether oxygens (including phenoxy) is 1. The third-order valence-corrected chi connectivity index (χ3v) is 10.1. The zero-order chi connectivity index (χ0) is 25.9. The molecule has 0 aliphatic carbocycles. The number of aryl methyl sites for hydroxylation is 1. The van der Waals surface area contributed by atoms with Gasteiger partial charge in [0.2, 0.25) is 0 Å². The van der Waals surface area contributed by atoms with E-state index in [-0.39, 0.29) is 0 Å². The minimum atomic E-state index is -1.17. The highest BCUT2D eigenvalue weighted by Crippen LogP contribution is 2.42. The van der Waals surface area contributed by atoms with E-state index in [9.17, 15) is 0 Å². The first-order valence-electron chi connectivity index (χ1n) is 13.5. The van der Waals surface area contributed by atoms with Crippen molar-refractivity contribution in [1.29, 1.82) is 0 Å². The number of hydrogen-bond donors (Lipinski definition) is 1.